The van der Waals surface area contributed by atoms with E-state index in [4.69, 9.17) is 0 Å². The van der Waals surface area contributed by atoms with Gasteiger partial charge in [0, 0.05) is 18.2 Å². The van der Waals surface area contributed by atoms with E-state index >= 15 is 0 Å². The number of benzene rings is 2. The Morgan fingerprint density at radius 1 is 0.905 bits per heavy atom. The summed E-state index contributed by atoms with van der Waals surface area (Å²) < 4.78 is 25.0. The minimum absolute atomic E-state index is 0.0758. The molecule has 0 amide bonds. The molecule has 1 atom stereocenters. The fraction of sp³-hybridized carbons (Fsp3) is 0.333. The van der Waals surface area contributed by atoms with Crippen LogP contribution in [0.3, 0.4) is 0 Å². The molecule has 2 rings (SSSR count). The lowest BCUT2D eigenvalue weighted by molar-refractivity contribution is 0.151. The predicted octanol–water partition coefficient (Wildman–Crippen LogP) is 5.26. The maximum atomic E-state index is 12.5. The second-order valence-electron chi connectivity index (χ2n) is 5.18. The summed E-state index contributed by atoms with van der Waals surface area (Å²) in [6.07, 6.45) is -0.250. The zero-order chi connectivity index (χ0) is 15.1. The van der Waals surface area contributed by atoms with Gasteiger partial charge in [0.05, 0.1) is 0 Å². The van der Waals surface area contributed by atoms with Gasteiger partial charge in [0.1, 0.15) is 0 Å². The molecule has 0 fully saturated rings. The van der Waals surface area contributed by atoms with Crippen LogP contribution in [0.25, 0.3) is 0 Å². The molecule has 0 radical (unpaired) electrons. The van der Waals surface area contributed by atoms with Crippen molar-refractivity contribution in [2.45, 2.75) is 38.8 Å². The smallest absolute Gasteiger partial charge is 0.263 e. The third kappa shape index (κ3) is 4.64. The van der Waals surface area contributed by atoms with Gasteiger partial charge in [0.15, 0.2) is 0 Å². The number of nitrogens with one attached hydrogen (secondary N) is 1. The monoisotopic (exact) mass is 289 g/mol. The van der Waals surface area contributed by atoms with Crippen LogP contribution in [0.2, 0.25) is 0 Å². The molecule has 1 unspecified atom stereocenters. The molecule has 21 heavy (non-hydrogen) atoms. The molecule has 0 aromatic heterocycles. The van der Waals surface area contributed by atoms with Gasteiger partial charge in [0.2, 0.25) is 0 Å². The van der Waals surface area contributed by atoms with Crippen molar-refractivity contribution in [3.8, 4) is 0 Å². The Hall–Kier alpha value is -1.74. The first-order valence-corrected chi connectivity index (χ1v) is 7.36. The van der Waals surface area contributed by atoms with Gasteiger partial charge in [-0.15, -0.1) is 0 Å². The molecule has 0 aliphatic carbocycles. The zero-order valence-electron chi connectivity index (χ0n) is 12.2. The Bertz CT molecular complexity index is 523. The van der Waals surface area contributed by atoms with E-state index in [9.17, 15) is 8.78 Å². The molecule has 0 aliphatic rings. The van der Waals surface area contributed by atoms with Crippen molar-refractivity contribution in [2.24, 2.45) is 0 Å². The molecule has 0 heterocycles. The lowest BCUT2D eigenvalue weighted by Gasteiger charge is -2.19. The van der Waals surface area contributed by atoms with E-state index in [1.54, 1.807) is 12.1 Å². The van der Waals surface area contributed by atoms with Gasteiger partial charge in [-0.3, -0.25) is 0 Å². The van der Waals surface area contributed by atoms with E-state index < -0.39 is 6.43 Å². The average Bonchev–Trinajstić information content (AvgIpc) is 2.52. The topological polar surface area (TPSA) is 12.0 Å². The summed E-state index contributed by atoms with van der Waals surface area (Å²) in [5.41, 5.74) is 2.37. The fourth-order valence-corrected chi connectivity index (χ4v) is 2.38. The second kappa shape index (κ2) is 7.89. The highest BCUT2D eigenvalue weighted by Crippen LogP contribution is 2.21. The number of alkyl halides is 2. The molecule has 2 aromatic carbocycles. The minimum atomic E-state index is -2.40. The third-order valence-corrected chi connectivity index (χ3v) is 3.56. The highest BCUT2D eigenvalue weighted by molar-refractivity contribution is 5.24. The van der Waals surface area contributed by atoms with Gasteiger partial charge >= 0.3 is 0 Å². The number of halogens is 2. The van der Waals surface area contributed by atoms with Crippen molar-refractivity contribution in [1.29, 1.82) is 0 Å². The molecule has 0 saturated carbocycles. The normalized spacial score (nSPS) is 12.6. The Morgan fingerprint density at radius 3 is 2.14 bits per heavy atom. The molecule has 0 bridgehead atoms. The number of hydrogen-bond donors (Lipinski definition) is 1. The summed E-state index contributed by atoms with van der Waals surface area (Å²) in [6, 6.07) is 17.2. The largest absolute Gasteiger partial charge is 0.306 e. The number of hydrogen-bond acceptors (Lipinski definition) is 1. The highest BCUT2D eigenvalue weighted by Gasteiger charge is 2.10. The van der Waals surface area contributed by atoms with Crippen LogP contribution in [0.5, 0.6) is 0 Å². The van der Waals surface area contributed by atoms with E-state index in [-0.39, 0.29) is 5.56 Å². The van der Waals surface area contributed by atoms with E-state index in [0.29, 0.717) is 12.6 Å². The summed E-state index contributed by atoms with van der Waals surface area (Å²) in [7, 11) is 0. The van der Waals surface area contributed by atoms with Crippen molar-refractivity contribution >= 4 is 0 Å². The molecule has 1 N–H and O–H groups in total. The van der Waals surface area contributed by atoms with E-state index in [1.807, 2.05) is 18.2 Å². The molecule has 1 nitrogen and oxygen atoms in total. The van der Waals surface area contributed by atoms with Crippen molar-refractivity contribution in [1.82, 2.24) is 5.32 Å². The van der Waals surface area contributed by atoms with Gasteiger partial charge < -0.3 is 5.32 Å². The van der Waals surface area contributed by atoms with Crippen LogP contribution >= 0.6 is 0 Å². The van der Waals surface area contributed by atoms with Crippen LogP contribution in [0.4, 0.5) is 8.78 Å². The Labute approximate surface area is 125 Å². The van der Waals surface area contributed by atoms with E-state index in [0.717, 1.165) is 18.4 Å². The van der Waals surface area contributed by atoms with Crippen molar-refractivity contribution in [2.75, 3.05) is 0 Å². The van der Waals surface area contributed by atoms with Crippen LogP contribution in [-0.4, -0.2) is 0 Å². The first kappa shape index (κ1) is 15.6. The fourth-order valence-electron chi connectivity index (χ4n) is 2.38. The average molecular weight is 289 g/mol. The van der Waals surface area contributed by atoms with Gasteiger partial charge in [-0.05, 0) is 17.5 Å². The first-order chi connectivity index (χ1) is 10.2. The Balaban J connectivity index is 1.98. The summed E-state index contributed by atoms with van der Waals surface area (Å²) in [6.45, 7) is 2.85. The quantitative estimate of drug-likeness (QED) is 0.733. The van der Waals surface area contributed by atoms with Crippen LogP contribution < -0.4 is 5.32 Å². The van der Waals surface area contributed by atoms with Crippen LogP contribution in [-0.2, 0) is 6.54 Å². The lowest BCUT2D eigenvalue weighted by atomic mass is 10.0. The summed E-state index contributed by atoms with van der Waals surface area (Å²) in [5, 5.41) is 3.51. The van der Waals surface area contributed by atoms with Crippen molar-refractivity contribution < 1.29 is 8.78 Å². The Kier molecular flexibility index (Phi) is 5.88. The summed E-state index contributed by atoms with van der Waals surface area (Å²) in [4.78, 5) is 0. The molecule has 2 aromatic rings. The van der Waals surface area contributed by atoms with Crippen LogP contribution in [0.1, 0.15) is 48.9 Å². The predicted molar refractivity (Wildman–Crippen MR) is 82.3 cm³/mol. The minimum Gasteiger partial charge on any atom is -0.306 e. The Morgan fingerprint density at radius 2 is 1.57 bits per heavy atom. The molecule has 0 saturated heterocycles. The summed E-state index contributed by atoms with van der Waals surface area (Å²) in [5.74, 6) is 0. The first-order valence-electron chi connectivity index (χ1n) is 7.36. The van der Waals surface area contributed by atoms with E-state index in [2.05, 4.69) is 24.4 Å². The molecule has 112 valence electrons. The lowest BCUT2D eigenvalue weighted by Crippen LogP contribution is -2.20. The van der Waals surface area contributed by atoms with Crippen molar-refractivity contribution in [3.63, 3.8) is 0 Å². The number of rotatable bonds is 7. The van der Waals surface area contributed by atoms with Gasteiger partial charge in [-0.2, -0.15) is 0 Å². The molecular weight excluding hydrogens is 268 g/mol. The van der Waals surface area contributed by atoms with Crippen LogP contribution in [0.15, 0.2) is 54.6 Å². The maximum absolute atomic E-state index is 12.5. The molecule has 3 heteroatoms. The molecule has 0 spiro atoms. The standard InChI is InChI=1S/C18H21F2N/c1-2-6-17(15-7-4-3-5-8-15)21-13-14-9-11-16(12-10-14)18(19)20/h3-5,7-12,17-18,21H,2,6,13H2,1H3. The summed E-state index contributed by atoms with van der Waals surface area (Å²) >= 11 is 0. The van der Waals surface area contributed by atoms with Gasteiger partial charge in [-0.25, -0.2) is 8.78 Å². The second-order valence-corrected chi connectivity index (χ2v) is 5.18. The SMILES string of the molecule is CCCC(NCc1ccc(C(F)F)cc1)c1ccccc1. The van der Waals surface area contributed by atoms with Crippen molar-refractivity contribution in [3.05, 3.63) is 71.3 Å². The molecule has 0 aliphatic heterocycles. The van der Waals surface area contributed by atoms with E-state index in [1.165, 1.54) is 17.7 Å². The molecular formula is C18H21F2N. The zero-order valence-corrected chi connectivity index (χ0v) is 12.2. The highest BCUT2D eigenvalue weighted by atomic mass is 19.3. The maximum Gasteiger partial charge on any atom is 0.263 e. The van der Waals surface area contributed by atoms with Crippen LogP contribution in [0, 0.1) is 0 Å². The third-order valence-electron chi connectivity index (χ3n) is 3.56. The van der Waals surface area contributed by atoms with Gasteiger partial charge in [-0.1, -0.05) is 67.9 Å². The van der Waals surface area contributed by atoms with Gasteiger partial charge in [0.25, 0.3) is 6.43 Å².